The zero-order valence-corrected chi connectivity index (χ0v) is 18.1. The van der Waals surface area contributed by atoms with Gasteiger partial charge in [-0.2, -0.15) is 8.42 Å². The van der Waals surface area contributed by atoms with E-state index in [4.69, 9.17) is 0 Å². The first-order chi connectivity index (χ1) is 13.5. The molecule has 0 saturated carbocycles. The van der Waals surface area contributed by atoms with Gasteiger partial charge in [0.15, 0.2) is 0 Å². The van der Waals surface area contributed by atoms with Crippen LogP contribution in [0.3, 0.4) is 0 Å². The molecule has 0 bridgehead atoms. The Labute approximate surface area is 175 Å². The summed E-state index contributed by atoms with van der Waals surface area (Å²) in [4.78, 5) is 2.31. The summed E-state index contributed by atoms with van der Waals surface area (Å²) in [6.45, 7) is 3.71. The van der Waals surface area contributed by atoms with E-state index >= 15 is 0 Å². The van der Waals surface area contributed by atoms with Crippen LogP contribution in [0.1, 0.15) is 0 Å². The number of hydrogen-bond donors (Lipinski definition) is 1. The zero-order chi connectivity index (χ0) is 19.3. The molecule has 5 rings (SSSR count). The number of anilines is 1. The second kappa shape index (κ2) is 6.88. The van der Waals surface area contributed by atoms with Gasteiger partial charge in [0, 0.05) is 52.6 Å². The summed E-state index contributed by atoms with van der Waals surface area (Å²) >= 11 is 4.75. The van der Waals surface area contributed by atoms with Crippen LogP contribution in [-0.4, -0.2) is 38.6 Å². The number of piperazine rings is 1. The normalized spacial score (nSPS) is 15.5. The maximum Gasteiger partial charge on any atom is 0.277 e. The molecule has 1 fully saturated rings. The Kier molecular flexibility index (Phi) is 4.46. The molecule has 1 aliphatic rings. The summed E-state index contributed by atoms with van der Waals surface area (Å²) in [6.07, 6.45) is 1.67. The second-order valence-electron chi connectivity index (χ2n) is 6.81. The minimum absolute atomic E-state index is 0.352. The second-order valence-corrected chi connectivity index (χ2v) is 10.9. The predicted molar refractivity (Wildman–Crippen MR) is 119 cm³/mol. The van der Waals surface area contributed by atoms with Crippen molar-refractivity contribution >= 4 is 64.0 Å². The number of nitrogens with zero attached hydrogens (tertiary/aromatic N) is 2. The molecule has 1 aliphatic heterocycles. The van der Waals surface area contributed by atoms with Crippen molar-refractivity contribution < 1.29 is 8.42 Å². The van der Waals surface area contributed by atoms with Crippen LogP contribution in [0.25, 0.3) is 21.0 Å². The molecule has 0 radical (unpaired) electrons. The van der Waals surface area contributed by atoms with Gasteiger partial charge < -0.3 is 10.2 Å². The smallest absolute Gasteiger partial charge is 0.277 e. The number of benzene rings is 2. The molecule has 0 aliphatic carbocycles. The average molecular weight is 476 g/mol. The van der Waals surface area contributed by atoms with Crippen molar-refractivity contribution in [3.8, 4) is 0 Å². The maximum atomic E-state index is 13.4. The summed E-state index contributed by atoms with van der Waals surface area (Å²) in [7, 11) is -3.66. The van der Waals surface area contributed by atoms with E-state index in [9.17, 15) is 8.42 Å². The van der Waals surface area contributed by atoms with Gasteiger partial charge in [-0.05, 0) is 47.9 Å². The molecule has 1 N–H and O–H groups in total. The topological polar surface area (TPSA) is 54.3 Å². The summed E-state index contributed by atoms with van der Waals surface area (Å²) in [5.74, 6) is 0. The molecule has 144 valence electrons. The third-order valence-electron chi connectivity index (χ3n) is 5.10. The van der Waals surface area contributed by atoms with Crippen molar-refractivity contribution in [3.05, 3.63) is 59.2 Å². The van der Waals surface area contributed by atoms with E-state index < -0.39 is 10.0 Å². The summed E-state index contributed by atoms with van der Waals surface area (Å²) in [5.41, 5.74) is 1.81. The number of hydrogen-bond acceptors (Lipinski definition) is 5. The Hall–Kier alpha value is -1.87. The molecular weight excluding hydrogens is 458 g/mol. The van der Waals surface area contributed by atoms with Crippen LogP contribution in [0.2, 0.25) is 0 Å². The van der Waals surface area contributed by atoms with E-state index in [-0.39, 0.29) is 0 Å². The van der Waals surface area contributed by atoms with E-state index in [2.05, 4.69) is 32.2 Å². The van der Waals surface area contributed by atoms with Gasteiger partial charge in [0.1, 0.15) is 4.21 Å². The number of thiophene rings is 1. The van der Waals surface area contributed by atoms with Crippen molar-refractivity contribution in [2.75, 3.05) is 31.1 Å². The quantitative estimate of drug-likeness (QED) is 0.480. The van der Waals surface area contributed by atoms with Gasteiger partial charge in [-0.3, -0.25) is 0 Å². The van der Waals surface area contributed by atoms with Crippen LogP contribution in [0, 0.1) is 0 Å². The predicted octanol–water partition coefficient (Wildman–Crippen LogP) is 4.27. The molecule has 0 unspecified atom stereocenters. The standard InChI is InChI=1S/C20H18BrN3O2S2/c21-15-4-5-19-14(12-15)13-20(27-19)28(25,26)24-9-6-16-17(2-1-3-18(16)24)23-10-7-22-8-11-23/h1-6,9,12-13,22H,7-8,10-11H2. The molecule has 4 aromatic rings. The number of nitrogens with one attached hydrogen (secondary N) is 1. The minimum Gasteiger partial charge on any atom is -0.368 e. The zero-order valence-electron chi connectivity index (χ0n) is 14.9. The van der Waals surface area contributed by atoms with Crippen molar-refractivity contribution in [2.45, 2.75) is 4.21 Å². The Morgan fingerprint density at radius 1 is 1.04 bits per heavy atom. The first kappa shape index (κ1) is 18.2. The summed E-state index contributed by atoms with van der Waals surface area (Å²) < 4.78 is 30.4. The molecule has 5 nitrogen and oxygen atoms in total. The lowest BCUT2D eigenvalue weighted by molar-refractivity contribution is 0.590. The summed E-state index contributed by atoms with van der Waals surface area (Å²) in [6, 6.07) is 15.4. The lowest BCUT2D eigenvalue weighted by Gasteiger charge is -2.30. The van der Waals surface area contributed by atoms with Crippen LogP contribution in [0.15, 0.2) is 63.4 Å². The molecule has 2 aromatic heterocycles. The Morgan fingerprint density at radius 2 is 1.86 bits per heavy atom. The highest BCUT2D eigenvalue weighted by Gasteiger charge is 2.23. The lowest BCUT2D eigenvalue weighted by Crippen LogP contribution is -2.43. The van der Waals surface area contributed by atoms with Gasteiger partial charge in [-0.15, -0.1) is 11.3 Å². The molecule has 0 amide bonds. The molecule has 28 heavy (non-hydrogen) atoms. The average Bonchev–Trinajstić information content (AvgIpc) is 3.33. The largest absolute Gasteiger partial charge is 0.368 e. The molecule has 0 atom stereocenters. The van der Waals surface area contributed by atoms with Gasteiger partial charge in [-0.1, -0.05) is 22.0 Å². The first-order valence-corrected chi connectivity index (χ1v) is 12.1. The van der Waals surface area contributed by atoms with Crippen LogP contribution in [0.5, 0.6) is 0 Å². The van der Waals surface area contributed by atoms with Gasteiger partial charge in [-0.25, -0.2) is 3.97 Å². The number of rotatable bonds is 3. The van der Waals surface area contributed by atoms with E-state index in [1.54, 1.807) is 12.3 Å². The van der Waals surface area contributed by atoms with Gasteiger partial charge >= 0.3 is 0 Å². The fraction of sp³-hybridized carbons (Fsp3) is 0.200. The van der Waals surface area contributed by atoms with E-state index in [0.717, 1.165) is 57.3 Å². The highest BCUT2D eigenvalue weighted by Crippen LogP contribution is 2.35. The van der Waals surface area contributed by atoms with Gasteiger partial charge in [0.05, 0.1) is 5.52 Å². The maximum absolute atomic E-state index is 13.4. The monoisotopic (exact) mass is 475 g/mol. The van der Waals surface area contributed by atoms with Crippen LogP contribution < -0.4 is 10.2 Å². The number of fused-ring (bicyclic) bond motifs is 2. The van der Waals surface area contributed by atoms with Crippen LogP contribution in [0.4, 0.5) is 5.69 Å². The van der Waals surface area contributed by atoms with E-state index in [0.29, 0.717) is 4.21 Å². The fourth-order valence-electron chi connectivity index (χ4n) is 3.73. The van der Waals surface area contributed by atoms with Gasteiger partial charge in [0.2, 0.25) is 0 Å². The molecule has 8 heteroatoms. The molecule has 3 heterocycles. The number of aromatic nitrogens is 1. The summed E-state index contributed by atoms with van der Waals surface area (Å²) in [5, 5.41) is 5.25. The third kappa shape index (κ3) is 2.95. The Balaban J connectivity index is 1.63. The minimum atomic E-state index is -3.66. The Bertz CT molecular complexity index is 1290. The fourth-order valence-corrected chi connectivity index (χ4v) is 6.93. The third-order valence-corrected chi connectivity index (χ3v) is 8.85. The Morgan fingerprint density at radius 3 is 2.68 bits per heavy atom. The molecular formula is C20H18BrN3O2S2. The highest BCUT2D eigenvalue weighted by atomic mass is 79.9. The molecule has 2 aromatic carbocycles. The van der Waals surface area contributed by atoms with Crippen molar-refractivity contribution in [2.24, 2.45) is 0 Å². The van der Waals surface area contributed by atoms with E-state index in [1.807, 2.05) is 36.4 Å². The van der Waals surface area contributed by atoms with Gasteiger partial charge in [0.25, 0.3) is 10.0 Å². The highest BCUT2D eigenvalue weighted by molar-refractivity contribution is 9.10. The number of halogens is 1. The van der Waals surface area contributed by atoms with Crippen LogP contribution in [-0.2, 0) is 10.0 Å². The molecule has 1 saturated heterocycles. The first-order valence-electron chi connectivity index (χ1n) is 9.04. The molecule has 0 spiro atoms. The van der Waals surface area contributed by atoms with E-state index in [1.165, 1.54) is 15.3 Å². The van der Waals surface area contributed by atoms with Crippen molar-refractivity contribution in [1.82, 2.24) is 9.29 Å². The van der Waals surface area contributed by atoms with Crippen LogP contribution >= 0.6 is 27.3 Å². The van der Waals surface area contributed by atoms with Crippen molar-refractivity contribution in [3.63, 3.8) is 0 Å². The SMILES string of the molecule is O=S(=O)(c1cc2cc(Br)ccc2s1)n1ccc2c(N3CCNCC3)cccc21. The lowest BCUT2D eigenvalue weighted by atomic mass is 10.2. The van der Waals surface area contributed by atoms with Crippen molar-refractivity contribution in [1.29, 1.82) is 0 Å².